The molecule has 150 valence electrons. The molecule has 2 N–H and O–H groups in total. The van der Waals surface area contributed by atoms with Crippen molar-refractivity contribution in [2.75, 3.05) is 12.3 Å². The first-order valence-corrected chi connectivity index (χ1v) is 10.3. The van der Waals surface area contributed by atoms with E-state index in [1.807, 2.05) is 29.2 Å². The molecule has 1 fully saturated rings. The molecule has 8 heteroatoms. The Labute approximate surface area is 171 Å². The van der Waals surface area contributed by atoms with Crippen LogP contribution >= 0.6 is 11.8 Å². The molecule has 2 aliphatic rings. The molecule has 4 rings (SSSR count). The van der Waals surface area contributed by atoms with Gasteiger partial charge in [0.05, 0.1) is 11.1 Å². The van der Waals surface area contributed by atoms with Crippen LogP contribution in [0.3, 0.4) is 0 Å². The summed E-state index contributed by atoms with van der Waals surface area (Å²) < 4.78 is 13.0. The van der Waals surface area contributed by atoms with Gasteiger partial charge in [-0.3, -0.25) is 4.79 Å². The van der Waals surface area contributed by atoms with Gasteiger partial charge in [0.2, 0.25) is 0 Å². The zero-order chi connectivity index (χ0) is 20.4. The van der Waals surface area contributed by atoms with Crippen LogP contribution in [0.2, 0.25) is 0 Å². The average molecular weight is 413 g/mol. The van der Waals surface area contributed by atoms with E-state index in [0.717, 1.165) is 23.5 Å². The van der Waals surface area contributed by atoms with Gasteiger partial charge in [0.1, 0.15) is 11.7 Å². The molecule has 1 saturated heterocycles. The molecule has 2 heterocycles. The van der Waals surface area contributed by atoms with Gasteiger partial charge >= 0.3 is 5.97 Å². The van der Waals surface area contributed by atoms with Crippen molar-refractivity contribution in [3.8, 4) is 0 Å². The Hall–Kier alpha value is -2.87. The number of nitrogens with zero attached hydrogens (tertiary/aromatic N) is 2. The molecule has 0 saturated carbocycles. The molecule has 0 spiro atoms. The number of benzene rings is 2. The molecule has 2 aliphatic heterocycles. The van der Waals surface area contributed by atoms with Crippen molar-refractivity contribution < 1.29 is 18.8 Å². The van der Waals surface area contributed by atoms with Gasteiger partial charge < -0.3 is 15.5 Å². The second-order valence-electron chi connectivity index (χ2n) is 7.09. The van der Waals surface area contributed by atoms with Crippen molar-refractivity contribution in [3.63, 3.8) is 0 Å². The number of thioether (sulfide) groups is 1. The predicted octanol–water partition coefficient (Wildman–Crippen LogP) is 3.28. The highest BCUT2D eigenvalue weighted by Crippen LogP contribution is 2.34. The number of rotatable bonds is 3. The first-order valence-electron chi connectivity index (χ1n) is 9.36. The van der Waals surface area contributed by atoms with E-state index in [2.05, 4.69) is 5.16 Å². The van der Waals surface area contributed by atoms with E-state index in [9.17, 15) is 14.0 Å². The number of halogens is 1. The Kier molecular flexibility index (Phi) is 5.53. The third-order valence-corrected chi connectivity index (χ3v) is 6.47. The number of hydrogen-bond donors (Lipinski definition) is 1. The molecule has 2 unspecified atom stereocenters. The molecule has 6 nitrogen and oxygen atoms in total. The molecule has 29 heavy (non-hydrogen) atoms. The summed E-state index contributed by atoms with van der Waals surface area (Å²) in [6.45, 7) is 0.432. The Morgan fingerprint density at radius 1 is 1.17 bits per heavy atom. The van der Waals surface area contributed by atoms with Crippen molar-refractivity contribution >= 4 is 29.5 Å². The maximum atomic E-state index is 13.0. The van der Waals surface area contributed by atoms with E-state index in [-0.39, 0.29) is 29.3 Å². The summed E-state index contributed by atoms with van der Waals surface area (Å²) in [7, 11) is 0. The van der Waals surface area contributed by atoms with Crippen molar-refractivity contribution in [1.82, 2.24) is 4.90 Å². The van der Waals surface area contributed by atoms with Crippen molar-refractivity contribution in [1.29, 1.82) is 0 Å². The molecule has 0 aromatic heterocycles. The Morgan fingerprint density at radius 2 is 1.93 bits per heavy atom. The second kappa shape index (κ2) is 8.24. The van der Waals surface area contributed by atoms with Crippen LogP contribution in [-0.4, -0.2) is 41.0 Å². The van der Waals surface area contributed by atoms with Gasteiger partial charge in [-0.25, -0.2) is 9.18 Å². The number of amides is 1. The van der Waals surface area contributed by atoms with Crippen LogP contribution in [0.5, 0.6) is 0 Å². The molecular weight excluding hydrogens is 393 g/mol. The first kappa shape index (κ1) is 19.4. The Balaban J connectivity index is 1.45. The number of piperidine rings is 1. The summed E-state index contributed by atoms with van der Waals surface area (Å²) >= 11 is 1.70. The lowest BCUT2D eigenvalue weighted by molar-refractivity contribution is 0.0500. The average Bonchev–Trinajstić information content (AvgIpc) is 2.89. The molecular formula is C21H20FN3O3S. The van der Waals surface area contributed by atoms with Crippen LogP contribution in [0.4, 0.5) is 4.39 Å². The van der Waals surface area contributed by atoms with E-state index in [0.29, 0.717) is 12.1 Å². The lowest BCUT2D eigenvalue weighted by atomic mass is 9.92. The van der Waals surface area contributed by atoms with Gasteiger partial charge in [0, 0.05) is 29.2 Å². The lowest BCUT2D eigenvalue weighted by Gasteiger charge is -2.38. The zero-order valence-electron chi connectivity index (χ0n) is 15.6. The number of fused-ring (bicyclic) bond motifs is 2. The van der Waals surface area contributed by atoms with Crippen LogP contribution in [0.25, 0.3) is 0 Å². The van der Waals surface area contributed by atoms with Crippen molar-refractivity contribution in [2.45, 2.75) is 23.8 Å². The third kappa shape index (κ3) is 4.12. The maximum Gasteiger partial charge on any atom is 0.365 e. The molecule has 2 aromatic rings. The fourth-order valence-corrected chi connectivity index (χ4v) is 4.81. The Bertz CT molecular complexity index is 964. The van der Waals surface area contributed by atoms with Gasteiger partial charge in [0.15, 0.2) is 0 Å². The van der Waals surface area contributed by atoms with Gasteiger partial charge in [-0.1, -0.05) is 17.3 Å². The molecule has 2 atom stereocenters. The van der Waals surface area contributed by atoms with E-state index < -0.39 is 11.8 Å². The van der Waals surface area contributed by atoms with Crippen LogP contribution in [-0.2, 0) is 4.84 Å². The van der Waals surface area contributed by atoms with Crippen LogP contribution in [0.15, 0.2) is 58.6 Å². The van der Waals surface area contributed by atoms with Gasteiger partial charge in [-0.05, 0) is 49.2 Å². The number of carbonyl (C=O) groups is 2. The number of carbonyl (C=O) groups excluding carboxylic acids is 2. The monoisotopic (exact) mass is 413 g/mol. The van der Waals surface area contributed by atoms with Crippen LogP contribution < -0.4 is 5.73 Å². The highest BCUT2D eigenvalue weighted by Gasteiger charge is 2.36. The molecule has 0 aliphatic carbocycles. The van der Waals surface area contributed by atoms with Crippen LogP contribution in [0.1, 0.15) is 33.6 Å². The van der Waals surface area contributed by atoms with Crippen LogP contribution in [0, 0.1) is 11.7 Å². The number of oxime groups is 1. The quantitative estimate of drug-likeness (QED) is 0.361. The second-order valence-corrected chi connectivity index (χ2v) is 8.16. The minimum atomic E-state index is -0.710. The molecule has 0 radical (unpaired) electrons. The normalized spacial score (nSPS) is 21.8. The van der Waals surface area contributed by atoms with Crippen molar-refractivity contribution in [2.24, 2.45) is 16.8 Å². The molecule has 1 amide bonds. The Morgan fingerprint density at radius 3 is 2.72 bits per heavy atom. The summed E-state index contributed by atoms with van der Waals surface area (Å²) in [5.41, 5.74) is 6.96. The van der Waals surface area contributed by atoms with E-state index in [1.165, 1.54) is 24.3 Å². The van der Waals surface area contributed by atoms with E-state index in [1.54, 1.807) is 11.8 Å². The predicted molar refractivity (Wildman–Crippen MR) is 108 cm³/mol. The third-order valence-electron chi connectivity index (χ3n) is 5.25. The molecule has 2 aromatic carbocycles. The smallest absolute Gasteiger partial charge is 0.365 e. The number of nitrogens with two attached hydrogens (primary N) is 1. The van der Waals surface area contributed by atoms with E-state index >= 15 is 0 Å². The number of amidine groups is 1. The lowest BCUT2D eigenvalue weighted by Crippen LogP contribution is -2.50. The topological polar surface area (TPSA) is 85.0 Å². The summed E-state index contributed by atoms with van der Waals surface area (Å²) in [4.78, 5) is 32.8. The summed E-state index contributed by atoms with van der Waals surface area (Å²) in [6, 6.07) is 12.7. The zero-order valence-corrected chi connectivity index (χ0v) is 16.4. The maximum absolute atomic E-state index is 13.0. The van der Waals surface area contributed by atoms with Gasteiger partial charge in [-0.15, -0.1) is 11.8 Å². The van der Waals surface area contributed by atoms with Crippen molar-refractivity contribution in [3.05, 3.63) is 65.5 Å². The summed E-state index contributed by atoms with van der Waals surface area (Å²) in [5, 5.41) is 3.78. The van der Waals surface area contributed by atoms with Gasteiger partial charge in [-0.2, -0.15) is 0 Å². The van der Waals surface area contributed by atoms with Gasteiger partial charge in [0.25, 0.3) is 5.91 Å². The summed E-state index contributed by atoms with van der Waals surface area (Å²) in [5.74, 6) is -0.327. The number of hydrogen-bond acceptors (Lipinski definition) is 5. The standard InChI is InChI=1S/C21H20FN3O3S/c22-15-8-5-13(6-9-15)21(27)28-24-19(23)14-7-10-16-12-29-18-4-2-1-3-17(18)20(26)25(16)11-14/h1-6,8-9,14,16H,7,10-12H2,(H2,23,24). The fraction of sp³-hybridized carbons (Fsp3) is 0.286. The SMILES string of the molecule is N/C(=N\OC(=O)c1ccc(F)cc1)C1CCC2CSc3ccccc3C(=O)N2C1. The fourth-order valence-electron chi connectivity index (χ4n) is 3.61. The minimum absolute atomic E-state index is 0.00333. The highest BCUT2D eigenvalue weighted by molar-refractivity contribution is 7.99. The largest absolute Gasteiger partial charge is 0.384 e. The highest BCUT2D eigenvalue weighted by atomic mass is 32.2. The minimum Gasteiger partial charge on any atom is -0.384 e. The summed E-state index contributed by atoms with van der Waals surface area (Å²) in [6.07, 6.45) is 1.56. The molecule has 0 bridgehead atoms. The van der Waals surface area contributed by atoms with E-state index in [4.69, 9.17) is 10.6 Å². The first-order chi connectivity index (χ1) is 14.0.